The molecule has 0 spiro atoms. The van der Waals surface area contributed by atoms with E-state index in [2.05, 4.69) is 326 Å². The van der Waals surface area contributed by atoms with E-state index in [9.17, 15) is 0 Å². The Bertz CT molecular complexity index is 3830. The summed E-state index contributed by atoms with van der Waals surface area (Å²) in [5, 5.41) is 0. The Morgan fingerprint density at radius 3 is 0.857 bits per heavy atom. The lowest BCUT2D eigenvalue weighted by Crippen LogP contribution is -2.23. The molecule has 1 unspecified atom stereocenters. The predicted molar refractivity (Wildman–Crippen MR) is 400 cm³/mol. The second kappa shape index (κ2) is 26.4. The number of fused-ring (bicyclic) bond motifs is 3. The lowest BCUT2D eigenvalue weighted by Gasteiger charge is -2.30. The van der Waals surface area contributed by atoms with Crippen molar-refractivity contribution in [2.45, 2.75) is 195 Å². The van der Waals surface area contributed by atoms with Crippen LogP contribution in [0.4, 0.5) is 0 Å². The predicted octanol–water partition coefficient (Wildman–Crippen LogP) is 26.9. The maximum Gasteiger partial charge on any atom is 0.0436 e. The molecule has 0 aliphatic heterocycles. The first kappa shape index (κ1) is 65.2. The van der Waals surface area contributed by atoms with Crippen molar-refractivity contribution in [3.8, 4) is 89.0 Å². The molecule has 0 radical (unpaired) electrons. The van der Waals surface area contributed by atoms with E-state index in [0.29, 0.717) is 0 Å². The molecule has 91 heavy (non-hydrogen) atoms. The van der Waals surface area contributed by atoms with E-state index in [1.807, 2.05) is 0 Å². The monoisotopic (exact) mass is 1260 g/mol. The highest BCUT2D eigenvalue weighted by molar-refractivity contribution is 9.10. The Balaban J connectivity index is 1.15. The second-order valence-corrected chi connectivity index (χ2v) is 31.9. The van der Waals surface area contributed by atoms with Crippen molar-refractivity contribution in [2.75, 3.05) is 0 Å². The summed E-state index contributed by atoms with van der Waals surface area (Å²) in [4.78, 5) is 0. The Labute approximate surface area is 557 Å². The van der Waals surface area contributed by atoms with E-state index in [1.165, 1.54) is 190 Å². The molecule has 10 aromatic carbocycles. The van der Waals surface area contributed by atoms with Gasteiger partial charge in [-0.15, -0.1) is 0 Å². The lowest BCUT2D eigenvalue weighted by molar-refractivity contribution is 0.590. The molecule has 0 fully saturated rings. The van der Waals surface area contributed by atoms with E-state index in [1.54, 1.807) is 0 Å². The van der Waals surface area contributed by atoms with E-state index in [0.717, 1.165) is 17.3 Å². The molecule has 1 heteroatoms. The van der Waals surface area contributed by atoms with Gasteiger partial charge in [0, 0.05) is 9.89 Å². The van der Waals surface area contributed by atoms with Crippen LogP contribution in [0.25, 0.3) is 89.0 Å². The van der Waals surface area contributed by atoms with E-state index in [-0.39, 0.29) is 21.7 Å². The van der Waals surface area contributed by atoms with Crippen molar-refractivity contribution in [2.24, 2.45) is 0 Å². The van der Waals surface area contributed by atoms with Crippen LogP contribution in [0.5, 0.6) is 0 Å². The molecule has 1 aliphatic carbocycles. The summed E-state index contributed by atoms with van der Waals surface area (Å²) < 4.78 is 1.12. The van der Waals surface area contributed by atoms with Gasteiger partial charge in [-0.1, -0.05) is 285 Å². The Morgan fingerprint density at radius 2 is 0.549 bits per heavy atom. The Kier molecular flexibility index (Phi) is 18.9. The van der Waals surface area contributed by atoms with Crippen LogP contribution in [-0.2, 0) is 39.9 Å². The van der Waals surface area contributed by atoms with Gasteiger partial charge < -0.3 is 0 Å². The van der Waals surface area contributed by atoms with Crippen molar-refractivity contribution < 1.29 is 0 Å². The zero-order valence-electron chi connectivity index (χ0n) is 57.6. The maximum atomic E-state index is 3.99. The third-order valence-electron chi connectivity index (χ3n) is 19.8. The highest BCUT2D eigenvalue weighted by atomic mass is 79.9. The van der Waals surface area contributed by atoms with E-state index >= 15 is 0 Å². The quantitative estimate of drug-likeness (QED) is 0.0751. The van der Waals surface area contributed by atoms with Crippen molar-refractivity contribution in [3.05, 3.63) is 261 Å². The van der Waals surface area contributed by atoms with Crippen molar-refractivity contribution in [3.63, 3.8) is 0 Å². The van der Waals surface area contributed by atoms with Gasteiger partial charge in [-0.2, -0.15) is 0 Å². The van der Waals surface area contributed by atoms with Gasteiger partial charge in [-0.3, -0.25) is 0 Å². The highest BCUT2D eigenvalue weighted by Crippen LogP contribution is 2.55. The molecule has 0 saturated heterocycles. The molecule has 0 nitrogen and oxygen atoms in total. The number of hydrogen-bond donors (Lipinski definition) is 0. The minimum Gasteiger partial charge on any atom is -0.0654 e. The summed E-state index contributed by atoms with van der Waals surface area (Å²) in [6.07, 6.45) is 12.3. The maximum absolute atomic E-state index is 3.99. The van der Waals surface area contributed by atoms with Crippen LogP contribution in [0.15, 0.2) is 211 Å². The molecule has 0 saturated carbocycles. The normalized spacial score (nSPS) is 14.2. The number of unbranched alkanes of at least 4 members (excludes halogenated alkanes) is 6. The van der Waals surface area contributed by atoms with Gasteiger partial charge in [0.25, 0.3) is 0 Å². The summed E-state index contributed by atoms with van der Waals surface area (Å²) in [6.45, 7) is 34.8. The van der Waals surface area contributed by atoms with Crippen LogP contribution in [0, 0.1) is 0 Å². The third kappa shape index (κ3) is 14.5. The van der Waals surface area contributed by atoms with Crippen molar-refractivity contribution in [1.82, 2.24) is 0 Å². The van der Waals surface area contributed by atoms with Crippen molar-refractivity contribution in [1.29, 1.82) is 0 Å². The van der Waals surface area contributed by atoms with Gasteiger partial charge in [0.05, 0.1) is 0 Å². The van der Waals surface area contributed by atoms with E-state index < -0.39 is 5.41 Å². The molecular weight excluding hydrogens is 1160 g/mol. The standard InChI is InChI=1S/C90H99Br/c1-16-18-20-22-24-60-46-61(25-23-21-19-17-2)48-80(47-60)90(15)84-58-66(34-44-82(84)83-45-43-81(91)59-85(83)90)71-55-74(72-51-67(62-26-35-76(36-27-62)86(3,4)5)49-68(52-72)63-28-37-77(38-29-63)87(6,7)8)57-75(56-71)73-53-69(64-30-39-78(40-31-64)88(9,10)11)50-70(54-73)65-32-41-79(42-33-65)89(12,13)14/h26-59H,16-25H2,1-15H3. The molecule has 0 heterocycles. The molecule has 10 aromatic rings. The van der Waals surface area contributed by atoms with Gasteiger partial charge in [0.15, 0.2) is 0 Å². The molecule has 0 amide bonds. The van der Waals surface area contributed by atoms with Crippen LogP contribution in [-0.4, -0.2) is 0 Å². The lowest BCUT2D eigenvalue weighted by atomic mass is 9.72. The fourth-order valence-corrected chi connectivity index (χ4v) is 14.2. The Hall–Kier alpha value is -7.32. The fraction of sp³-hybridized carbons (Fsp3) is 0.333. The largest absolute Gasteiger partial charge is 0.0654 e. The molecule has 11 rings (SSSR count). The van der Waals surface area contributed by atoms with Crippen LogP contribution >= 0.6 is 15.9 Å². The molecule has 0 bridgehead atoms. The van der Waals surface area contributed by atoms with Gasteiger partial charge in [-0.05, 0) is 266 Å². The number of aryl methyl sites for hydroxylation is 2. The summed E-state index contributed by atoms with van der Waals surface area (Å²) in [6, 6.07) is 81.5. The average Bonchev–Trinajstić information content (AvgIpc) is 1.57. The minimum absolute atomic E-state index is 0.0451. The third-order valence-corrected chi connectivity index (χ3v) is 20.3. The number of benzene rings is 10. The van der Waals surface area contributed by atoms with Crippen LogP contribution in [0.1, 0.15) is 205 Å². The number of hydrogen-bond acceptors (Lipinski definition) is 0. The smallest absolute Gasteiger partial charge is 0.0436 e. The summed E-state index contributed by atoms with van der Waals surface area (Å²) >= 11 is 3.99. The summed E-state index contributed by atoms with van der Waals surface area (Å²) in [5.74, 6) is 0. The van der Waals surface area contributed by atoms with Gasteiger partial charge in [0.1, 0.15) is 0 Å². The first-order valence-corrected chi connectivity index (χ1v) is 35.0. The van der Waals surface area contributed by atoms with Gasteiger partial charge in [0.2, 0.25) is 0 Å². The van der Waals surface area contributed by atoms with Crippen LogP contribution < -0.4 is 0 Å². The van der Waals surface area contributed by atoms with E-state index in [4.69, 9.17) is 0 Å². The molecule has 0 aromatic heterocycles. The first-order chi connectivity index (χ1) is 43.3. The van der Waals surface area contributed by atoms with Crippen LogP contribution in [0.2, 0.25) is 0 Å². The summed E-state index contributed by atoms with van der Waals surface area (Å²) in [7, 11) is 0. The van der Waals surface area contributed by atoms with Crippen molar-refractivity contribution >= 4 is 15.9 Å². The molecule has 1 aliphatic rings. The molecule has 1 atom stereocenters. The molecule has 0 N–H and O–H groups in total. The summed E-state index contributed by atoms with van der Waals surface area (Å²) in [5.41, 5.74) is 31.7. The number of halogens is 1. The minimum atomic E-state index is -0.398. The zero-order chi connectivity index (χ0) is 64.6. The molecule has 466 valence electrons. The highest BCUT2D eigenvalue weighted by Gasteiger charge is 2.42. The zero-order valence-corrected chi connectivity index (χ0v) is 59.2. The molecular formula is C90H99Br. The SMILES string of the molecule is CCCCCCc1cc(CCCCCC)cc(C2(C)c3cc(Br)ccc3-c3ccc(-c4cc(-c5cc(-c6ccc(C(C)(C)C)cc6)cc(-c6ccc(C(C)(C)C)cc6)c5)cc(-c5cc(-c6ccc(C(C)(C)C)cc6)cc(-c6ccc(C(C)(C)C)cc6)c5)c4)cc32)c1. The van der Waals surface area contributed by atoms with Crippen LogP contribution in [0.3, 0.4) is 0 Å². The average molecular weight is 1260 g/mol. The second-order valence-electron chi connectivity index (χ2n) is 30.9. The van der Waals surface area contributed by atoms with Gasteiger partial charge >= 0.3 is 0 Å². The fourth-order valence-electron chi connectivity index (χ4n) is 13.9. The first-order valence-electron chi connectivity index (χ1n) is 34.3. The van der Waals surface area contributed by atoms with Gasteiger partial charge in [-0.25, -0.2) is 0 Å². The number of rotatable bonds is 18. The Morgan fingerprint density at radius 1 is 0.275 bits per heavy atom. The topological polar surface area (TPSA) is 0 Å².